The van der Waals surface area contributed by atoms with Crippen molar-refractivity contribution in [2.24, 2.45) is 5.73 Å². The number of amides is 1. The summed E-state index contributed by atoms with van der Waals surface area (Å²) in [5, 5.41) is 0. The van der Waals surface area contributed by atoms with Crippen LogP contribution >= 0.6 is 0 Å². The molecule has 1 aromatic rings. The second kappa shape index (κ2) is 3.47. The molecule has 0 unspecified atom stereocenters. The number of carbonyl (C=O) groups excluding carboxylic acids is 1. The van der Waals surface area contributed by atoms with Crippen molar-refractivity contribution < 1.29 is 4.79 Å². The fourth-order valence-corrected chi connectivity index (χ4v) is 1.15. The first-order valence-electron chi connectivity index (χ1n) is 4.10. The Morgan fingerprint density at radius 3 is 2.46 bits per heavy atom. The quantitative estimate of drug-likeness (QED) is 0.738. The molecule has 2 N–H and O–H groups in total. The lowest BCUT2D eigenvalue weighted by Crippen LogP contribution is -2.15. The standard InChI is InChI=1S/C10H14N2O/c1-7-4-5-8(12(2)3)6-9(7)10(11)13/h4-6H,1-3H3,(H2,11,13). The molecule has 13 heavy (non-hydrogen) atoms. The molecule has 0 saturated carbocycles. The zero-order valence-electron chi connectivity index (χ0n) is 8.16. The lowest BCUT2D eigenvalue weighted by Gasteiger charge is -2.13. The van der Waals surface area contributed by atoms with Crippen LogP contribution in [0.25, 0.3) is 0 Å². The molecule has 0 heterocycles. The highest BCUT2D eigenvalue weighted by Gasteiger charge is 2.06. The highest BCUT2D eigenvalue weighted by atomic mass is 16.1. The summed E-state index contributed by atoms with van der Waals surface area (Å²) in [5.74, 6) is -0.374. The van der Waals surface area contributed by atoms with Gasteiger partial charge in [0, 0.05) is 25.3 Å². The van der Waals surface area contributed by atoms with Crippen LogP contribution in [0.2, 0.25) is 0 Å². The molecular formula is C10H14N2O. The zero-order chi connectivity index (χ0) is 10.0. The van der Waals surface area contributed by atoms with Crippen molar-refractivity contribution in [2.45, 2.75) is 6.92 Å². The van der Waals surface area contributed by atoms with Gasteiger partial charge in [-0.3, -0.25) is 4.79 Å². The Hall–Kier alpha value is -1.51. The van der Waals surface area contributed by atoms with E-state index in [4.69, 9.17) is 5.73 Å². The van der Waals surface area contributed by atoms with Crippen LogP contribution < -0.4 is 10.6 Å². The Labute approximate surface area is 78.2 Å². The first-order chi connectivity index (χ1) is 6.02. The molecule has 1 aromatic carbocycles. The van der Waals surface area contributed by atoms with Gasteiger partial charge < -0.3 is 10.6 Å². The van der Waals surface area contributed by atoms with Crippen LogP contribution in [0.4, 0.5) is 5.69 Å². The third-order valence-electron chi connectivity index (χ3n) is 2.00. The summed E-state index contributed by atoms with van der Waals surface area (Å²) in [4.78, 5) is 12.9. The molecule has 0 bridgehead atoms. The summed E-state index contributed by atoms with van der Waals surface area (Å²) in [5.41, 5.74) is 7.72. The van der Waals surface area contributed by atoms with Crippen LogP contribution in [0.3, 0.4) is 0 Å². The van der Waals surface area contributed by atoms with E-state index in [1.54, 1.807) is 6.07 Å². The Kier molecular flexibility index (Phi) is 2.56. The molecule has 0 atom stereocenters. The Balaban J connectivity index is 3.19. The molecule has 1 amide bonds. The van der Waals surface area contributed by atoms with Gasteiger partial charge in [-0.1, -0.05) is 6.07 Å². The second-order valence-corrected chi connectivity index (χ2v) is 3.26. The normalized spacial score (nSPS) is 9.77. The zero-order valence-corrected chi connectivity index (χ0v) is 8.16. The second-order valence-electron chi connectivity index (χ2n) is 3.26. The van der Waals surface area contributed by atoms with Crippen LogP contribution in [-0.2, 0) is 0 Å². The molecule has 0 fully saturated rings. The third kappa shape index (κ3) is 1.99. The van der Waals surface area contributed by atoms with E-state index in [0.29, 0.717) is 5.56 Å². The lowest BCUT2D eigenvalue weighted by atomic mass is 10.1. The van der Waals surface area contributed by atoms with Gasteiger partial charge in [0.05, 0.1) is 0 Å². The average molecular weight is 178 g/mol. The number of carbonyl (C=O) groups is 1. The molecule has 0 radical (unpaired) electrons. The van der Waals surface area contributed by atoms with Gasteiger partial charge in [-0.25, -0.2) is 0 Å². The topological polar surface area (TPSA) is 46.3 Å². The largest absolute Gasteiger partial charge is 0.378 e. The van der Waals surface area contributed by atoms with Gasteiger partial charge in [-0.05, 0) is 24.6 Å². The Morgan fingerprint density at radius 1 is 1.38 bits per heavy atom. The molecule has 0 spiro atoms. The van der Waals surface area contributed by atoms with Crippen molar-refractivity contribution in [3.63, 3.8) is 0 Å². The van der Waals surface area contributed by atoms with E-state index in [-0.39, 0.29) is 5.91 Å². The van der Waals surface area contributed by atoms with Gasteiger partial charge >= 0.3 is 0 Å². The minimum atomic E-state index is -0.374. The summed E-state index contributed by atoms with van der Waals surface area (Å²) < 4.78 is 0. The van der Waals surface area contributed by atoms with Crippen LogP contribution in [0.15, 0.2) is 18.2 Å². The SMILES string of the molecule is Cc1ccc(N(C)C)cc1C(N)=O. The van der Waals surface area contributed by atoms with Crippen molar-refractivity contribution in [2.75, 3.05) is 19.0 Å². The molecule has 0 aromatic heterocycles. The third-order valence-corrected chi connectivity index (χ3v) is 2.00. The van der Waals surface area contributed by atoms with Crippen LogP contribution in [0.5, 0.6) is 0 Å². The first-order valence-corrected chi connectivity index (χ1v) is 4.10. The number of benzene rings is 1. The monoisotopic (exact) mass is 178 g/mol. The maximum Gasteiger partial charge on any atom is 0.249 e. The number of hydrogen-bond acceptors (Lipinski definition) is 2. The van der Waals surface area contributed by atoms with Crippen LogP contribution in [-0.4, -0.2) is 20.0 Å². The maximum atomic E-state index is 11.0. The highest BCUT2D eigenvalue weighted by molar-refractivity contribution is 5.95. The number of hydrogen-bond donors (Lipinski definition) is 1. The fourth-order valence-electron chi connectivity index (χ4n) is 1.15. The molecule has 0 aliphatic carbocycles. The Morgan fingerprint density at radius 2 is 2.00 bits per heavy atom. The summed E-state index contributed by atoms with van der Waals surface area (Å²) in [6, 6.07) is 5.66. The van der Waals surface area contributed by atoms with Crippen molar-refractivity contribution in [3.05, 3.63) is 29.3 Å². The molecule has 0 aliphatic rings. The first kappa shape index (κ1) is 9.58. The van der Waals surface area contributed by atoms with Gasteiger partial charge in [-0.15, -0.1) is 0 Å². The van der Waals surface area contributed by atoms with Crippen LogP contribution in [0, 0.1) is 6.92 Å². The van der Waals surface area contributed by atoms with E-state index < -0.39 is 0 Å². The molecule has 0 saturated heterocycles. The fraction of sp³-hybridized carbons (Fsp3) is 0.300. The van der Waals surface area contributed by atoms with E-state index in [1.807, 2.05) is 38.1 Å². The predicted octanol–water partition coefficient (Wildman–Crippen LogP) is 1.16. The Bertz CT molecular complexity index is 332. The molecule has 1 rings (SSSR count). The highest BCUT2D eigenvalue weighted by Crippen LogP contribution is 2.16. The smallest absolute Gasteiger partial charge is 0.249 e. The summed E-state index contributed by atoms with van der Waals surface area (Å²) in [7, 11) is 3.85. The number of rotatable bonds is 2. The molecule has 0 aliphatic heterocycles. The number of primary amides is 1. The van der Waals surface area contributed by atoms with Gasteiger partial charge in [0.25, 0.3) is 0 Å². The number of aryl methyl sites for hydroxylation is 1. The minimum absolute atomic E-state index is 0.374. The van der Waals surface area contributed by atoms with Crippen molar-refractivity contribution >= 4 is 11.6 Å². The number of nitrogens with two attached hydrogens (primary N) is 1. The maximum absolute atomic E-state index is 11.0. The molecular weight excluding hydrogens is 164 g/mol. The van der Waals surface area contributed by atoms with E-state index in [0.717, 1.165) is 11.3 Å². The van der Waals surface area contributed by atoms with Crippen molar-refractivity contribution in [1.82, 2.24) is 0 Å². The molecule has 3 heteroatoms. The summed E-state index contributed by atoms with van der Waals surface area (Å²) in [6.45, 7) is 1.87. The van der Waals surface area contributed by atoms with Gasteiger partial charge in [0.1, 0.15) is 0 Å². The average Bonchev–Trinajstić information content (AvgIpc) is 2.04. The van der Waals surface area contributed by atoms with E-state index >= 15 is 0 Å². The van der Waals surface area contributed by atoms with E-state index in [2.05, 4.69) is 0 Å². The molecule has 3 nitrogen and oxygen atoms in total. The minimum Gasteiger partial charge on any atom is -0.378 e. The van der Waals surface area contributed by atoms with Gasteiger partial charge in [0.15, 0.2) is 0 Å². The van der Waals surface area contributed by atoms with E-state index in [1.165, 1.54) is 0 Å². The number of anilines is 1. The lowest BCUT2D eigenvalue weighted by molar-refractivity contribution is 0.1000. The predicted molar refractivity (Wildman–Crippen MR) is 54.0 cm³/mol. The van der Waals surface area contributed by atoms with E-state index in [9.17, 15) is 4.79 Å². The van der Waals surface area contributed by atoms with Crippen molar-refractivity contribution in [1.29, 1.82) is 0 Å². The number of nitrogens with zero attached hydrogens (tertiary/aromatic N) is 1. The summed E-state index contributed by atoms with van der Waals surface area (Å²) in [6.07, 6.45) is 0. The van der Waals surface area contributed by atoms with Crippen molar-refractivity contribution in [3.8, 4) is 0 Å². The summed E-state index contributed by atoms with van der Waals surface area (Å²) >= 11 is 0. The van der Waals surface area contributed by atoms with Crippen LogP contribution in [0.1, 0.15) is 15.9 Å². The van der Waals surface area contributed by atoms with Gasteiger partial charge in [0.2, 0.25) is 5.91 Å². The van der Waals surface area contributed by atoms with Gasteiger partial charge in [-0.2, -0.15) is 0 Å². The molecule has 70 valence electrons.